The van der Waals surface area contributed by atoms with E-state index in [1.807, 2.05) is 26.0 Å². The van der Waals surface area contributed by atoms with Gasteiger partial charge in [0.2, 0.25) is 0 Å². The van der Waals surface area contributed by atoms with Gasteiger partial charge in [-0.2, -0.15) is 0 Å². The molecule has 0 saturated heterocycles. The first-order chi connectivity index (χ1) is 11.8. The van der Waals surface area contributed by atoms with E-state index in [0.29, 0.717) is 23.5 Å². The number of carbonyl (C=O) groups excluding carboxylic acids is 1. The van der Waals surface area contributed by atoms with Gasteiger partial charge < -0.3 is 19.9 Å². The van der Waals surface area contributed by atoms with Crippen LogP contribution in [0.3, 0.4) is 0 Å². The van der Waals surface area contributed by atoms with E-state index in [-0.39, 0.29) is 11.7 Å². The molecule has 0 bridgehead atoms. The highest BCUT2D eigenvalue weighted by atomic mass is 79.9. The Morgan fingerprint density at radius 2 is 1.72 bits per heavy atom. The van der Waals surface area contributed by atoms with E-state index in [2.05, 4.69) is 21.2 Å². The predicted octanol–water partition coefficient (Wildman–Crippen LogP) is 3.92. The quantitative estimate of drug-likeness (QED) is 0.761. The summed E-state index contributed by atoms with van der Waals surface area (Å²) in [7, 11) is 3.03. The van der Waals surface area contributed by atoms with Crippen LogP contribution in [0.5, 0.6) is 17.2 Å². The summed E-state index contributed by atoms with van der Waals surface area (Å²) in [4.78, 5) is 12.5. The molecule has 2 N–H and O–H groups in total. The molecule has 0 heterocycles. The smallest absolute Gasteiger partial charge is 0.251 e. The third kappa shape index (κ3) is 4.89. The molecule has 0 saturated carbocycles. The summed E-state index contributed by atoms with van der Waals surface area (Å²) in [6.45, 7) is 3.87. The Morgan fingerprint density at radius 1 is 1.12 bits per heavy atom. The lowest BCUT2D eigenvalue weighted by Crippen LogP contribution is -2.45. The van der Waals surface area contributed by atoms with Crippen molar-refractivity contribution in [2.45, 2.75) is 25.8 Å². The zero-order chi connectivity index (χ0) is 18.6. The van der Waals surface area contributed by atoms with Gasteiger partial charge in [-0.3, -0.25) is 4.79 Å². The van der Waals surface area contributed by atoms with Gasteiger partial charge >= 0.3 is 0 Å². The van der Waals surface area contributed by atoms with Crippen LogP contribution in [0.15, 0.2) is 40.9 Å². The van der Waals surface area contributed by atoms with Gasteiger partial charge in [-0.1, -0.05) is 15.9 Å². The van der Waals surface area contributed by atoms with Crippen molar-refractivity contribution in [1.82, 2.24) is 5.32 Å². The number of phenolic OH excluding ortho intramolecular Hbond substituents is 1. The Bertz CT molecular complexity index is 757. The lowest BCUT2D eigenvalue weighted by Gasteiger charge is -2.27. The van der Waals surface area contributed by atoms with Crippen molar-refractivity contribution >= 4 is 21.8 Å². The summed E-state index contributed by atoms with van der Waals surface area (Å²) < 4.78 is 11.4. The number of amides is 1. The molecule has 0 aromatic heterocycles. The SMILES string of the molecule is COc1cc(CC(C)(C)NC(=O)c2ccc(Br)cc2)c(OC)cc1O. The number of aromatic hydroxyl groups is 1. The van der Waals surface area contributed by atoms with Crippen molar-refractivity contribution in [3.05, 3.63) is 52.0 Å². The monoisotopic (exact) mass is 407 g/mol. The number of hydrogen-bond donors (Lipinski definition) is 2. The van der Waals surface area contributed by atoms with Gasteiger partial charge in [0.1, 0.15) is 5.75 Å². The highest BCUT2D eigenvalue weighted by Crippen LogP contribution is 2.35. The zero-order valence-electron chi connectivity index (χ0n) is 14.7. The number of carbonyl (C=O) groups is 1. The maximum absolute atomic E-state index is 12.5. The van der Waals surface area contributed by atoms with Crippen molar-refractivity contribution in [2.75, 3.05) is 14.2 Å². The first-order valence-corrected chi connectivity index (χ1v) is 8.57. The molecular formula is C19H22BrNO4. The van der Waals surface area contributed by atoms with E-state index in [0.717, 1.165) is 10.0 Å². The van der Waals surface area contributed by atoms with Crippen LogP contribution in [0.25, 0.3) is 0 Å². The number of rotatable bonds is 6. The average molecular weight is 408 g/mol. The molecule has 0 radical (unpaired) electrons. The summed E-state index contributed by atoms with van der Waals surface area (Å²) in [6.07, 6.45) is 0.509. The molecule has 2 aromatic carbocycles. The fourth-order valence-corrected chi connectivity index (χ4v) is 2.85. The van der Waals surface area contributed by atoms with Crippen LogP contribution in [0, 0.1) is 0 Å². The molecule has 0 spiro atoms. The molecule has 0 fully saturated rings. The number of hydrogen-bond acceptors (Lipinski definition) is 4. The molecule has 0 aliphatic heterocycles. The highest BCUT2D eigenvalue weighted by Gasteiger charge is 2.24. The van der Waals surface area contributed by atoms with E-state index in [1.165, 1.54) is 20.3 Å². The fraction of sp³-hybridized carbons (Fsp3) is 0.316. The minimum atomic E-state index is -0.528. The van der Waals surface area contributed by atoms with Crippen molar-refractivity contribution in [1.29, 1.82) is 0 Å². The Kier molecular flexibility index (Phi) is 5.95. The molecule has 2 aromatic rings. The van der Waals surface area contributed by atoms with Gasteiger partial charge in [0.15, 0.2) is 11.5 Å². The standard InChI is InChI=1S/C19H22BrNO4/c1-19(2,21-18(23)12-5-7-14(20)8-6-12)11-13-9-17(25-4)15(22)10-16(13)24-3/h5-10,22H,11H2,1-4H3,(H,21,23). The van der Waals surface area contributed by atoms with Gasteiger partial charge in [0.25, 0.3) is 5.91 Å². The minimum Gasteiger partial charge on any atom is -0.504 e. The van der Waals surface area contributed by atoms with Crippen LogP contribution >= 0.6 is 15.9 Å². The molecule has 0 aliphatic carbocycles. The number of halogens is 1. The van der Waals surface area contributed by atoms with Crippen LogP contribution in [-0.4, -0.2) is 30.8 Å². The Morgan fingerprint density at radius 3 is 2.28 bits per heavy atom. The van der Waals surface area contributed by atoms with Gasteiger partial charge in [-0.15, -0.1) is 0 Å². The topological polar surface area (TPSA) is 67.8 Å². The zero-order valence-corrected chi connectivity index (χ0v) is 16.3. The van der Waals surface area contributed by atoms with Crippen molar-refractivity contribution in [2.24, 2.45) is 0 Å². The Balaban J connectivity index is 2.20. The van der Waals surface area contributed by atoms with E-state index >= 15 is 0 Å². The van der Waals surface area contributed by atoms with Gasteiger partial charge in [-0.05, 0) is 50.6 Å². The summed E-state index contributed by atoms with van der Waals surface area (Å²) in [5.74, 6) is 0.775. The first-order valence-electron chi connectivity index (χ1n) is 7.77. The molecule has 5 nitrogen and oxygen atoms in total. The maximum atomic E-state index is 12.5. The van der Waals surface area contributed by atoms with E-state index in [4.69, 9.17) is 9.47 Å². The van der Waals surface area contributed by atoms with E-state index < -0.39 is 5.54 Å². The molecule has 25 heavy (non-hydrogen) atoms. The molecule has 134 valence electrons. The summed E-state index contributed by atoms with van der Waals surface area (Å²) in [6, 6.07) is 10.4. The van der Waals surface area contributed by atoms with Crippen molar-refractivity contribution in [3.63, 3.8) is 0 Å². The summed E-state index contributed by atoms with van der Waals surface area (Å²) in [5.41, 5.74) is 0.893. The van der Waals surface area contributed by atoms with Gasteiger partial charge in [0.05, 0.1) is 14.2 Å². The Labute approximate surface area is 156 Å². The van der Waals surface area contributed by atoms with Crippen LogP contribution in [0.1, 0.15) is 29.8 Å². The second-order valence-electron chi connectivity index (χ2n) is 6.36. The lowest BCUT2D eigenvalue weighted by molar-refractivity contribution is 0.0912. The van der Waals surface area contributed by atoms with Crippen LogP contribution < -0.4 is 14.8 Å². The first kappa shape index (κ1) is 19.1. The highest BCUT2D eigenvalue weighted by molar-refractivity contribution is 9.10. The molecule has 1 amide bonds. The maximum Gasteiger partial charge on any atom is 0.251 e. The number of benzene rings is 2. The van der Waals surface area contributed by atoms with E-state index in [9.17, 15) is 9.90 Å². The van der Waals surface area contributed by atoms with Crippen molar-refractivity contribution < 1.29 is 19.4 Å². The predicted molar refractivity (Wildman–Crippen MR) is 101 cm³/mol. The molecule has 0 atom stereocenters. The van der Waals surface area contributed by atoms with Gasteiger partial charge in [-0.25, -0.2) is 0 Å². The van der Waals surface area contributed by atoms with Gasteiger partial charge in [0, 0.05) is 27.2 Å². The molecule has 0 unspecified atom stereocenters. The molecule has 6 heteroatoms. The Hall–Kier alpha value is -2.21. The van der Waals surface area contributed by atoms with Crippen LogP contribution in [0.2, 0.25) is 0 Å². The fourth-order valence-electron chi connectivity index (χ4n) is 2.58. The molecule has 0 aliphatic rings. The van der Waals surface area contributed by atoms with E-state index in [1.54, 1.807) is 18.2 Å². The summed E-state index contributed by atoms with van der Waals surface area (Å²) in [5, 5.41) is 12.9. The second-order valence-corrected chi connectivity index (χ2v) is 7.27. The lowest BCUT2D eigenvalue weighted by atomic mass is 9.93. The van der Waals surface area contributed by atoms with Crippen LogP contribution in [-0.2, 0) is 6.42 Å². The number of phenols is 1. The normalized spacial score (nSPS) is 11.1. The number of methoxy groups -OCH3 is 2. The average Bonchev–Trinajstić information content (AvgIpc) is 2.55. The number of ether oxygens (including phenoxy) is 2. The minimum absolute atomic E-state index is 0.0137. The number of nitrogens with one attached hydrogen (secondary N) is 1. The molecule has 2 rings (SSSR count). The van der Waals surface area contributed by atoms with Crippen molar-refractivity contribution in [3.8, 4) is 17.2 Å². The molecular weight excluding hydrogens is 386 g/mol. The largest absolute Gasteiger partial charge is 0.504 e. The van der Waals surface area contributed by atoms with Crippen LogP contribution in [0.4, 0.5) is 0 Å². The summed E-state index contributed by atoms with van der Waals surface area (Å²) >= 11 is 3.36. The third-order valence-corrected chi connectivity index (χ3v) is 4.30. The third-order valence-electron chi connectivity index (χ3n) is 3.77. The second kappa shape index (κ2) is 7.78.